The maximum Gasteiger partial charge on any atom is 0.222 e. The van der Waals surface area contributed by atoms with Gasteiger partial charge in [-0.2, -0.15) is 0 Å². The van der Waals surface area contributed by atoms with Crippen LogP contribution in [0.3, 0.4) is 0 Å². The molecule has 1 N–H and O–H groups in total. The van der Waals surface area contributed by atoms with E-state index in [-0.39, 0.29) is 24.8 Å². The van der Waals surface area contributed by atoms with Crippen LogP contribution in [0, 0.1) is 17.8 Å². The molecule has 1 amide bonds. The lowest BCUT2D eigenvalue weighted by atomic mass is 9.84. The molecular formula is C19H37Cl2N3O2. The Kier molecular flexibility index (Phi) is 11.4. The second-order valence-corrected chi connectivity index (χ2v) is 8.01. The van der Waals surface area contributed by atoms with Gasteiger partial charge in [0.15, 0.2) is 0 Å². The fraction of sp³-hybridized carbons (Fsp3) is 0.947. The molecule has 3 heterocycles. The first-order valence-corrected chi connectivity index (χ1v) is 10.0. The Labute approximate surface area is 171 Å². The molecule has 3 aliphatic rings. The van der Waals surface area contributed by atoms with Crippen molar-refractivity contribution in [1.82, 2.24) is 15.1 Å². The van der Waals surface area contributed by atoms with Crippen LogP contribution in [-0.2, 0) is 9.53 Å². The number of ether oxygens (including phenoxy) is 1. The summed E-state index contributed by atoms with van der Waals surface area (Å²) in [5.41, 5.74) is 0. The van der Waals surface area contributed by atoms with Gasteiger partial charge in [-0.3, -0.25) is 9.69 Å². The average Bonchev–Trinajstić information content (AvgIpc) is 2.64. The van der Waals surface area contributed by atoms with Gasteiger partial charge in [0.05, 0.1) is 0 Å². The Morgan fingerprint density at radius 3 is 2.27 bits per heavy atom. The Morgan fingerprint density at radius 2 is 1.65 bits per heavy atom. The van der Waals surface area contributed by atoms with Gasteiger partial charge in [0.1, 0.15) is 0 Å². The number of nitrogens with zero attached hydrogens (tertiary/aromatic N) is 2. The Bertz CT molecular complexity index is 394. The Morgan fingerprint density at radius 1 is 1.04 bits per heavy atom. The number of piperidine rings is 1. The number of nitrogens with one attached hydrogen (secondary N) is 1. The summed E-state index contributed by atoms with van der Waals surface area (Å²) in [4.78, 5) is 17.3. The number of amides is 1. The van der Waals surface area contributed by atoms with Gasteiger partial charge < -0.3 is 15.0 Å². The van der Waals surface area contributed by atoms with Crippen LogP contribution < -0.4 is 5.32 Å². The lowest BCUT2D eigenvalue weighted by Gasteiger charge is -2.38. The number of piperazine rings is 1. The van der Waals surface area contributed by atoms with Crippen LogP contribution in [0.15, 0.2) is 0 Å². The smallest absolute Gasteiger partial charge is 0.222 e. The van der Waals surface area contributed by atoms with Crippen molar-refractivity contribution in [2.75, 3.05) is 59.0 Å². The third-order valence-electron chi connectivity index (χ3n) is 6.27. The Hall–Kier alpha value is -0.0700. The summed E-state index contributed by atoms with van der Waals surface area (Å²) in [6, 6.07) is 0. The molecule has 5 nitrogen and oxygen atoms in total. The Balaban J connectivity index is 0.00000169. The van der Waals surface area contributed by atoms with Crippen LogP contribution in [0.1, 0.15) is 39.0 Å². The van der Waals surface area contributed by atoms with E-state index in [0.29, 0.717) is 11.8 Å². The summed E-state index contributed by atoms with van der Waals surface area (Å²) in [5, 5.41) is 3.42. The minimum absolute atomic E-state index is 0. The average molecular weight is 410 g/mol. The highest BCUT2D eigenvalue weighted by Crippen LogP contribution is 2.25. The summed E-state index contributed by atoms with van der Waals surface area (Å²) in [6.07, 6.45) is 5.60. The van der Waals surface area contributed by atoms with E-state index in [1.165, 1.54) is 32.2 Å². The molecular weight excluding hydrogens is 373 g/mol. The molecule has 0 saturated carbocycles. The zero-order valence-electron chi connectivity index (χ0n) is 16.2. The summed E-state index contributed by atoms with van der Waals surface area (Å²) in [7, 11) is 0. The van der Waals surface area contributed by atoms with Crippen molar-refractivity contribution in [3.05, 3.63) is 0 Å². The van der Waals surface area contributed by atoms with Crippen molar-refractivity contribution < 1.29 is 9.53 Å². The molecule has 0 aromatic heterocycles. The normalized spacial score (nSPS) is 24.4. The van der Waals surface area contributed by atoms with Crippen molar-refractivity contribution >= 4 is 30.7 Å². The topological polar surface area (TPSA) is 44.8 Å². The number of rotatable bonds is 5. The zero-order valence-corrected chi connectivity index (χ0v) is 17.8. The molecule has 0 aromatic carbocycles. The molecule has 154 valence electrons. The number of halogens is 2. The molecule has 0 spiro atoms. The summed E-state index contributed by atoms with van der Waals surface area (Å²) < 4.78 is 5.45. The standard InChI is InChI=1S/C19H35N3O2.2ClH/c1-16(18-2-6-20-7-3-18)14-19(23)22-10-8-21(9-11-22)15-17-4-12-24-13-5-17;;/h16-18,20H,2-15H2,1H3;2*1H. The molecule has 3 aliphatic heterocycles. The lowest BCUT2D eigenvalue weighted by Crippen LogP contribution is -2.50. The van der Waals surface area contributed by atoms with Crippen LogP contribution in [0.5, 0.6) is 0 Å². The van der Waals surface area contributed by atoms with E-state index in [4.69, 9.17) is 4.74 Å². The number of carbonyl (C=O) groups excluding carboxylic acids is 1. The number of carbonyl (C=O) groups is 1. The van der Waals surface area contributed by atoms with Crippen molar-refractivity contribution in [1.29, 1.82) is 0 Å². The molecule has 0 radical (unpaired) electrons. The van der Waals surface area contributed by atoms with Crippen LogP contribution >= 0.6 is 24.8 Å². The first kappa shape index (κ1) is 24.0. The van der Waals surface area contributed by atoms with E-state index in [0.717, 1.165) is 70.7 Å². The van der Waals surface area contributed by atoms with Crippen molar-refractivity contribution in [3.8, 4) is 0 Å². The molecule has 0 aliphatic carbocycles. The highest BCUT2D eigenvalue weighted by Gasteiger charge is 2.27. The van der Waals surface area contributed by atoms with E-state index in [9.17, 15) is 4.79 Å². The van der Waals surface area contributed by atoms with Gasteiger partial charge in [-0.1, -0.05) is 6.92 Å². The van der Waals surface area contributed by atoms with Gasteiger partial charge in [-0.15, -0.1) is 24.8 Å². The lowest BCUT2D eigenvalue weighted by molar-refractivity contribution is -0.134. The van der Waals surface area contributed by atoms with Crippen molar-refractivity contribution in [2.45, 2.75) is 39.0 Å². The van der Waals surface area contributed by atoms with Crippen LogP contribution in [0.2, 0.25) is 0 Å². The molecule has 0 aromatic rings. The molecule has 26 heavy (non-hydrogen) atoms. The number of hydrogen-bond donors (Lipinski definition) is 1. The van der Waals surface area contributed by atoms with Crippen LogP contribution in [-0.4, -0.2) is 74.7 Å². The third-order valence-corrected chi connectivity index (χ3v) is 6.27. The fourth-order valence-corrected chi connectivity index (χ4v) is 4.46. The zero-order chi connectivity index (χ0) is 16.8. The fourth-order valence-electron chi connectivity index (χ4n) is 4.46. The largest absolute Gasteiger partial charge is 0.381 e. The highest BCUT2D eigenvalue weighted by atomic mass is 35.5. The maximum atomic E-state index is 12.6. The van der Waals surface area contributed by atoms with Crippen LogP contribution in [0.25, 0.3) is 0 Å². The molecule has 3 rings (SSSR count). The van der Waals surface area contributed by atoms with Gasteiger partial charge in [-0.25, -0.2) is 0 Å². The maximum absolute atomic E-state index is 12.6. The summed E-state index contributed by atoms with van der Waals surface area (Å²) >= 11 is 0. The summed E-state index contributed by atoms with van der Waals surface area (Å²) in [5.74, 6) is 2.43. The SMILES string of the molecule is CC(CC(=O)N1CCN(CC2CCOCC2)CC1)C1CCNCC1.Cl.Cl. The minimum atomic E-state index is 0. The third kappa shape index (κ3) is 7.16. The quantitative estimate of drug-likeness (QED) is 0.756. The monoisotopic (exact) mass is 409 g/mol. The van der Waals surface area contributed by atoms with Gasteiger partial charge in [-0.05, 0) is 56.5 Å². The molecule has 3 saturated heterocycles. The van der Waals surface area contributed by atoms with Gasteiger partial charge >= 0.3 is 0 Å². The second kappa shape index (κ2) is 12.4. The first-order chi connectivity index (χ1) is 11.7. The van der Waals surface area contributed by atoms with E-state index < -0.39 is 0 Å². The molecule has 1 unspecified atom stereocenters. The predicted molar refractivity (Wildman–Crippen MR) is 110 cm³/mol. The minimum Gasteiger partial charge on any atom is -0.381 e. The first-order valence-electron chi connectivity index (χ1n) is 10.0. The van der Waals surface area contributed by atoms with E-state index in [1.54, 1.807) is 0 Å². The van der Waals surface area contributed by atoms with Gasteiger partial charge in [0, 0.05) is 52.4 Å². The summed E-state index contributed by atoms with van der Waals surface area (Å²) in [6.45, 7) is 11.5. The number of hydrogen-bond acceptors (Lipinski definition) is 4. The van der Waals surface area contributed by atoms with Crippen molar-refractivity contribution in [2.24, 2.45) is 17.8 Å². The van der Waals surface area contributed by atoms with Gasteiger partial charge in [0.2, 0.25) is 5.91 Å². The van der Waals surface area contributed by atoms with Gasteiger partial charge in [0.25, 0.3) is 0 Å². The molecule has 1 atom stereocenters. The van der Waals surface area contributed by atoms with Crippen molar-refractivity contribution in [3.63, 3.8) is 0 Å². The highest BCUT2D eigenvalue weighted by molar-refractivity contribution is 5.85. The van der Waals surface area contributed by atoms with E-state index >= 15 is 0 Å². The van der Waals surface area contributed by atoms with Crippen LogP contribution in [0.4, 0.5) is 0 Å². The molecule has 3 fully saturated rings. The predicted octanol–water partition coefficient (Wildman–Crippen LogP) is 2.43. The molecule has 7 heteroatoms. The second-order valence-electron chi connectivity index (χ2n) is 8.01. The van der Waals surface area contributed by atoms with E-state index in [2.05, 4.69) is 22.0 Å². The van der Waals surface area contributed by atoms with E-state index in [1.807, 2.05) is 0 Å². The molecule has 0 bridgehead atoms.